The zero-order valence-corrected chi connectivity index (χ0v) is 63.3. The smallest absolute Gasteiger partial charge is 0.187 e. The molecule has 704 valence electrons. The van der Waals surface area contributed by atoms with E-state index in [0.29, 0.717) is 0 Å². The Kier molecular flexibility index (Phi) is 33.9. The minimum atomic E-state index is -2.50. The second kappa shape index (κ2) is 41.9. The average Bonchev–Trinajstić information content (AvgIpc) is 0.845. The quantitative estimate of drug-likeness (QED) is 0.0571. The van der Waals surface area contributed by atoms with Crippen LogP contribution in [0.1, 0.15) is 0 Å². The lowest BCUT2D eigenvalue weighted by atomic mass is 9.95. The molecule has 55 atom stereocenters. The zero-order valence-electron chi connectivity index (χ0n) is 63.3. The molecule has 55 nitrogen and oxygen atoms in total. The first-order valence-electron chi connectivity index (χ1n) is 38.7. The monoisotopic (exact) mass is 1780 g/mol. The Hall–Kier alpha value is -2.20. The third kappa shape index (κ3) is 19.8. The van der Waals surface area contributed by atoms with Crippen LogP contribution in [0.3, 0.4) is 0 Å². The van der Waals surface area contributed by atoms with Crippen LogP contribution in [0.25, 0.3) is 0 Å². The summed E-state index contributed by atoms with van der Waals surface area (Å²) in [6.07, 6.45) is -117. The van der Waals surface area contributed by atoms with Gasteiger partial charge in [-0.05, 0) is 0 Å². The number of ether oxygens (including phenoxy) is 22. The molecule has 25 rings (SSSR count). The fraction of sp³-hybridized carbons (Fsp3) is 1.00. The van der Waals surface area contributed by atoms with Crippen molar-refractivity contribution in [2.75, 3.05) is 72.7 Å². The summed E-state index contributed by atoms with van der Waals surface area (Å²) in [5, 5.41) is 368. The van der Waals surface area contributed by atoms with E-state index in [4.69, 9.17) is 104 Å². The molecule has 25 aliphatic rings. The van der Waals surface area contributed by atoms with Crippen LogP contribution < -0.4 is 0 Å². The lowest BCUT2D eigenvalue weighted by molar-refractivity contribution is -0.400. The van der Waals surface area contributed by atoms with Crippen LogP contribution in [-0.2, 0) is 104 Å². The van der Waals surface area contributed by atoms with Gasteiger partial charge in [-0.15, -0.1) is 0 Å². The molecule has 121 heavy (non-hydrogen) atoms. The van der Waals surface area contributed by atoms with Crippen LogP contribution in [0, 0.1) is 0 Å². The molecule has 0 aliphatic carbocycles. The van der Waals surface area contributed by atoms with E-state index in [9.17, 15) is 169 Å². The van der Waals surface area contributed by atoms with E-state index >= 15 is 0 Å². The Morgan fingerprint density at radius 2 is 0.331 bits per heavy atom. The van der Waals surface area contributed by atoms with Crippen LogP contribution in [0.5, 0.6) is 0 Å². The van der Waals surface area contributed by atoms with E-state index in [0.717, 1.165) is 0 Å². The van der Waals surface area contributed by atoms with E-state index in [1.807, 2.05) is 0 Å². The van der Waals surface area contributed by atoms with Crippen molar-refractivity contribution in [2.45, 2.75) is 338 Å². The first-order chi connectivity index (χ1) is 57.6. The van der Waals surface area contributed by atoms with Crippen molar-refractivity contribution in [2.24, 2.45) is 0 Å². The molecular formula is C66H110O55. The molecule has 25 heterocycles. The highest BCUT2D eigenvalue weighted by Crippen LogP contribution is 2.42. The Balaban J connectivity index is 0.774. The molecule has 14 bridgehead atoms. The van der Waals surface area contributed by atoms with Crippen LogP contribution >= 0.6 is 0 Å². The van der Waals surface area contributed by atoms with E-state index in [1.165, 1.54) is 0 Å². The van der Waals surface area contributed by atoms with Crippen LogP contribution in [0.15, 0.2) is 0 Å². The first-order valence-corrected chi connectivity index (χ1v) is 38.7. The van der Waals surface area contributed by atoms with Gasteiger partial charge in [0.2, 0.25) is 0 Å². The van der Waals surface area contributed by atoms with E-state index in [1.54, 1.807) is 0 Å². The van der Waals surface area contributed by atoms with Crippen molar-refractivity contribution in [3.8, 4) is 0 Å². The number of hydrogen-bond acceptors (Lipinski definition) is 55. The predicted octanol–water partition coefficient (Wildman–Crippen LogP) is -23.9. The van der Waals surface area contributed by atoms with E-state index in [2.05, 4.69) is 0 Å². The van der Waals surface area contributed by atoms with Gasteiger partial charge < -0.3 is 273 Å². The summed E-state index contributed by atoms with van der Waals surface area (Å²) in [6.45, 7) is -12.5. The maximum absolute atomic E-state index is 12.1. The Bertz CT molecular complexity index is 3120. The fourth-order valence-corrected chi connectivity index (χ4v) is 16.3. The maximum Gasteiger partial charge on any atom is 0.187 e. The predicted molar refractivity (Wildman–Crippen MR) is 359 cm³/mol. The third-order valence-electron chi connectivity index (χ3n) is 23.2. The second-order valence-corrected chi connectivity index (χ2v) is 30.9. The summed E-state index contributed by atoms with van der Waals surface area (Å²) in [5.41, 5.74) is 0. The van der Waals surface area contributed by atoms with E-state index < -0.39 is 410 Å². The molecule has 55 unspecified atom stereocenters. The molecule has 0 aromatic heterocycles. The highest BCUT2D eigenvalue weighted by atomic mass is 16.8. The Morgan fingerprint density at radius 1 is 0.149 bits per heavy atom. The molecule has 33 N–H and O–H groups in total. The molecule has 25 aliphatic heterocycles. The number of aliphatic hydroxyl groups excluding tert-OH is 33. The summed E-state index contributed by atoms with van der Waals surface area (Å²) in [6, 6.07) is 0. The summed E-state index contributed by atoms with van der Waals surface area (Å²) in [4.78, 5) is 0. The molecule has 25 saturated heterocycles. The first kappa shape index (κ1) is 97.8. The molecular weight excluding hydrogens is 1670 g/mol. The molecule has 0 amide bonds. The SMILES string of the molecule is OCC1OC(OC2C(CO)OC(OC3C(CO)OC(OC4C(CO)OC(OCC5OC6OC7C(CO)OC(OC8C(CO)OC(OC9C(CO)OC(OC%10C(CO)OC(OC%11C(CO)OC(OC%12C(CO)OC(OC5C(O)C6O)C(O)C%12O)C(O)C%11O)C(O)C%10O)C(O)C9O)C(O)C8O)C(O)C7O)C(O)C4O)C(O)C3O)C(O)C2O)C(O)C(O)C1O. The number of hydrogen-bond donors (Lipinski definition) is 33. The summed E-state index contributed by atoms with van der Waals surface area (Å²) in [7, 11) is 0. The van der Waals surface area contributed by atoms with Gasteiger partial charge in [-0.25, -0.2) is 0 Å². The highest BCUT2D eigenvalue weighted by Gasteiger charge is 2.63. The van der Waals surface area contributed by atoms with Gasteiger partial charge in [-0.3, -0.25) is 0 Å². The van der Waals surface area contributed by atoms with Crippen molar-refractivity contribution in [1.82, 2.24) is 0 Å². The Labute approximate surface area is 681 Å². The average molecular weight is 1780 g/mol. The molecule has 0 radical (unpaired) electrons. The standard InChI is InChI=1S/C66H110O55/c67-1-12-23(77)24(78)35(89)57(101-12)112-47-14(3-69)103-59(37(91)26(47)80)114-48-15(4-70)104-58(38(92)27(48)81)113-46-13(2-68)102-56(36(90)25(46)79)100-11-22-55-34(88)45(99)66(111-22)120-54-21(10-76)109-64(43(97)32(54)86)118-52-19(8-74)107-62(41(95)30(52)84)116-50-17(6-72)105-60(39(93)28(50)82)115-49-16(5-71)106-61(40(94)29(49)83)117-51-18(7-73)108-63(42(96)31(51)85)119-53-20(9-75)110-65(121-55)44(98)33(53)87/h12-99H,1-11H2. The van der Waals surface area contributed by atoms with Crippen LogP contribution in [0.4, 0.5) is 0 Å². The summed E-state index contributed by atoms with van der Waals surface area (Å²) in [5.74, 6) is 0. The molecule has 0 saturated carbocycles. The van der Waals surface area contributed by atoms with Gasteiger partial charge in [0.1, 0.15) is 269 Å². The van der Waals surface area contributed by atoms with Gasteiger partial charge >= 0.3 is 0 Å². The van der Waals surface area contributed by atoms with Gasteiger partial charge in [-0.2, -0.15) is 0 Å². The van der Waals surface area contributed by atoms with Crippen molar-refractivity contribution in [1.29, 1.82) is 0 Å². The minimum Gasteiger partial charge on any atom is -0.394 e. The molecule has 25 fully saturated rings. The lowest BCUT2D eigenvalue weighted by Gasteiger charge is -2.50. The zero-order chi connectivity index (χ0) is 88.1. The molecule has 0 aromatic rings. The van der Waals surface area contributed by atoms with Crippen molar-refractivity contribution in [3.05, 3.63) is 0 Å². The highest BCUT2D eigenvalue weighted by molar-refractivity contribution is 5.05. The second-order valence-electron chi connectivity index (χ2n) is 30.9. The van der Waals surface area contributed by atoms with Crippen molar-refractivity contribution in [3.63, 3.8) is 0 Å². The topological polar surface area (TPSA) is 871 Å². The van der Waals surface area contributed by atoms with Crippen molar-refractivity contribution < 1.29 is 273 Å². The lowest BCUT2D eigenvalue weighted by Crippen LogP contribution is -2.68. The van der Waals surface area contributed by atoms with Crippen LogP contribution in [-0.4, -0.2) is 579 Å². The summed E-state index contributed by atoms with van der Waals surface area (Å²) < 4.78 is 127. The van der Waals surface area contributed by atoms with Gasteiger partial charge in [0.25, 0.3) is 0 Å². The molecule has 0 aromatic carbocycles. The van der Waals surface area contributed by atoms with Gasteiger partial charge in [0.15, 0.2) is 69.2 Å². The minimum absolute atomic E-state index is 0.893. The van der Waals surface area contributed by atoms with Gasteiger partial charge in [0.05, 0.1) is 72.7 Å². The normalized spacial score (nSPS) is 55.0. The Morgan fingerprint density at radius 3 is 0.554 bits per heavy atom. The molecule has 0 spiro atoms. The maximum atomic E-state index is 12.1. The molecule has 55 heteroatoms. The van der Waals surface area contributed by atoms with Gasteiger partial charge in [0, 0.05) is 0 Å². The number of aliphatic hydroxyl groups is 33. The number of rotatable bonds is 19. The third-order valence-corrected chi connectivity index (χ3v) is 23.2. The largest absolute Gasteiger partial charge is 0.394 e. The summed E-state index contributed by atoms with van der Waals surface area (Å²) >= 11 is 0. The van der Waals surface area contributed by atoms with Crippen LogP contribution in [0.2, 0.25) is 0 Å². The van der Waals surface area contributed by atoms with E-state index in [-0.39, 0.29) is 0 Å². The fourth-order valence-electron chi connectivity index (χ4n) is 16.3. The van der Waals surface area contributed by atoms with Crippen molar-refractivity contribution >= 4 is 0 Å². The van der Waals surface area contributed by atoms with Gasteiger partial charge in [-0.1, -0.05) is 0 Å².